The van der Waals surface area contributed by atoms with Gasteiger partial charge in [0.25, 0.3) is 5.91 Å². The van der Waals surface area contributed by atoms with E-state index in [1.165, 1.54) is 0 Å². The van der Waals surface area contributed by atoms with Gasteiger partial charge in [0.2, 0.25) is 0 Å². The molecule has 0 bridgehead atoms. The molecule has 2 aromatic rings. The predicted molar refractivity (Wildman–Crippen MR) is 97.2 cm³/mol. The third-order valence-electron chi connectivity index (χ3n) is 4.48. The molecule has 5 heteroatoms. The van der Waals surface area contributed by atoms with Crippen molar-refractivity contribution in [1.82, 2.24) is 4.98 Å². The Bertz CT molecular complexity index is 856. The maximum Gasteiger partial charge on any atom is 0.250 e. The number of halogens is 1. The lowest BCUT2D eigenvalue weighted by atomic mass is 9.76. The molecule has 1 amide bonds. The molecule has 1 aliphatic carbocycles. The Labute approximate surface area is 152 Å². The highest BCUT2D eigenvalue weighted by atomic mass is 35.5. The molecule has 0 radical (unpaired) electrons. The summed E-state index contributed by atoms with van der Waals surface area (Å²) in [6.45, 7) is 0. The Morgan fingerprint density at radius 1 is 1.36 bits per heavy atom. The predicted octanol–water partition coefficient (Wildman–Crippen LogP) is 3.27. The van der Waals surface area contributed by atoms with Crippen LogP contribution >= 0.6 is 11.6 Å². The van der Waals surface area contributed by atoms with E-state index < -0.39 is 11.5 Å². The second-order valence-electron chi connectivity index (χ2n) is 6.39. The molecule has 0 saturated heterocycles. The molecule has 3 N–H and O–H groups in total. The number of carbonyl (C=O) groups is 1. The molecule has 2 atom stereocenters. The summed E-state index contributed by atoms with van der Waals surface area (Å²) in [5.74, 6) is 5.46. The number of benzene rings is 1. The average molecular weight is 355 g/mol. The maximum atomic E-state index is 11.6. The maximum absolute atomic E-state index is 11.6. The van der Waals surface area contributed by atoms with Crippen molar-refractivity contribution in [3.8, 4) is 11.8 Å². The lowest BCUT2D eigenvalue weighted by molar-refractivity contribution is 0.0511. The van der Waals surface area contributed by atoms with Crippen LogP contribution in [0.5, 0.6) is 0 Å². The molecule has 1 aliphatic rings. The van der Waals surface area contributed by atoms with Gasteiger partial charge < -0.3 is 10.8 Å². The van der Waals surface area contributed by atoms with E-state index in [4.69, 9.17) is 17.3 Å². The topological polar surface area (TPSA) is 76.2 Å². The Kier molecular flexibility index (Phi) is 5.08. The molecule has 1 heterocycles. The van der Waals surface area contributed by atoms with Crippen LogP contribution in [0.25, 0.3) is 0 Å². The molecule has 1 fully saturated rings. The summed E-state index contributed by atoms with van der Waals surface area (Å²) < 4.78 is 0. The van der Waals surface area contributed by atoms with Gasteiger partial charge in [0.15, 0.2) is 0 Å². The van der Waals surface area contributed by atoms with Crippen LogP contribution in [-0.2, 0) is 0 Å². The standard InChI is InChI=1S/C20H19ClN2O2/c21-16-6-1-4-14(12-16)8-10-20(25)9-2-5-15(13-20)18-17(19(22)24)7-3-11-23-18/h1,3-4,6-7,11-12,15,25H,2,5,9,13H2,(H2,22,24)/t15-,20+/m0/s1. The molecule has 0 aliphatic heterocycles. The molecule has 1 saturated carbocycles. The molecule has 0 unspecified atom stereocenters. The van der Waals surface area contributed by atoms with Crippen molar-refractivity contribution < 1.29 is 9.90 Å². The van der Waals surface area contributed by atoms with E-state index in [0.29, 0.717) is 29.1 Å². The van der Waals surface area contributed by atoms with E-state index >= 15 is 0 Å². The van der Waals surface area contributed by atoms with Gasteiger partial charge in [-0.25, -0.2) is 0 Å². The zero-order valence-electron chi connectivity index (χ0n) is 13.7. The molecule has 3 rings (SSSR count). The molecule has 128 valence electrons. The van der Waals surface area contributed by atoms with E-state index in [9.17, 15) is 9.90 Å². The Morgan fingerprint density at radius 2 is 2.20 bits per heavy atom. The Morgan fingerprint density at radius 3 is 2.96 bits per heavy atom. The fraction of sp³-hybridized carbons (Fsp3) is 0.300. The molecule has 0 spiro atoms. The first-order valence-electron chi connectivity index (χ1n) is 8.23. The lowest BCUT2D eigenvalue weighted by Crippen LogP contribution is -2.34. The van der Waals surface area contributed by atoms with Gasteiger partial charge in [0.05, 0.1) is 11.3 Å². The lowest BCUT2D eigenvalue weighted by Gasteiger charge is -2.33. The van der Waals surface area contributed by atoms with Crippen molar-refractivity contribution >= 4 is 17.5 Å². The normalized spacial score (nSPS) is 22.7. The highest BCUT2D eigenvalue weighted by Gasteiger charge is 2.35. The fourth-order valence-electron chi connectivity index (χ4n) is 3.31. The zero-order chi connectivity index (χ0) is 17.9. The second-order valence-corrected chi connectivity index (χ2v) is 6.82. The van der Waals surface area contributed by atoms with Crippen molar-refractivity contribution in [3.63, 3.8) is 0 Å². The molecule has 25 heavy (non-hydrogen) atoms. The minimum atomic E-state index is -1.11. The number of amides is 1. The van der Waals surface area contributed by atoms with Crippen LogP contribution in [0.2, 0.25) is 5.02 Å². The fourth-order valence-corrected chi connectivity index (χ4v) is 3.50. The quantitative estimate of drug-likeness (QED) is 0.812. The van der Waals surface area contributed by atoms with Gasteiger partial charge >= 0.3 is 0 Å². The van der Waals surface area contributed by atoms with Crippen LogP contribution < -0.4 is 5.73 Å². The molecule has 1 aromatic heterocycles. The number of carbonyl (C=O) groups excluding carboxylic acids is 1. The number of aliphatic hydroxyl groups is 1. The van der Waals surface area contributed by atoms with E-state index in [-0.39, 0.29) is 5.92 Å². The third kappa shape index (κ3) is 4.19. The monoisotopic (exact) mass is 354 g/mol. The third-order valence-corrected chi connectivity index (χ3v) is 4.72. The summed E-state index contributed by atoms with van der Waals surface area (Å²) in [5.41, 5.74) is 6.17. The van der Waals surface area contributed by atoms with Gasteiger partial charge in [0, 0.05) is 22.7 Å². The number of nitrogens with two attached hydrogens (primary N) is 1. The summed E-state index contributed by atoms with van der Waals surface area (Å²) in [4.78, 5) is 16.0. The van der Waals surface area contributed by atoms with E-state index in [1.807, 2.05) is 12.1 Å². The number of primary amides is 1. The number of hydrogen-bond acceptors (Lipinski definition) is 3. The molecule has 1 aromatic carbocycles. The summed E-state index contributed by atoms with van der Waals surface area (Å²) in [6, 6.07) is 10.6. The summed E-state index contributed by atoms with van der Waals surface area (Å²) in [7, 11) is 0. The van der Waals surface area contributed by atoms with Crippen LogP contribution in [0.1, 0.15) is 53.2 Å². The van der Waals surface area contributed by atoms with E-state index in [1.54, 1.807) is 30.5 Å². The van der Waals surface area contributed by atoms with Crippen molar-refractivity contribution in [2.24, 2.45) is 5.73 Å². The SMILES string of the molecule is NC(=O)c1cccnc1[C@H]1CCC[C@@](O)(C#Cc2cccc(Cl)c2)C1. The number of rotatable bonds is 2. The second kappa shape index (κ2) is 7.26. The van der Waals surface area contributed by atoms with Crippen LogP contribution in [0, 0.1) is 11.8 Å². The highest BCUT2D eigenvalue weighted by Crippen LogP contribution is 2.38. The van der Waals surface area contributed by atoms with Gasteiger partial charge in [-0.2, -0.15) is 0 Å². The van der Waals surface area contributed by atoms with Gasteiger partial charge in [-0.15, -0.1) is 0 Å². The van der Waals surface area contributed by atoms with Gasteiger partial charge in [-0.1, -0.05) is 29.5 Å². The summed E-state index contributed by atoms with van der Waals surface area (Å²) in [5, 5.41) is 11.5. The first-order valence-corrected chi connectivity index (χ1v) is 8.60. The minimum Gasteiger partial charge on any atom is -0.378 e. The van der Waals surface area contributed by atoms with Crippen molar-refractivity contribution in [1.29, 1.82) is 0 Å². The van der Waals surface area contributed by atoms with Crippen molar-refractivity contribution in [2.45, 2.75) is 37.2 Å². The van der Waals surface area contributed by atoms with E-state index in [2.05, 4.69) is 16.8 Å². The number of hydrogen-bond donors (Lipinski definition) is 2. The number of pyridine rings is 1. The Balaban J connectivity index is 1.85. The highest BCUT2D eigenvalue weighted by molar-refractivity contribution is 6.30. The van der Waals surface area contributed by atoms with Crippen molar-refractivity contribution in [2.75, 3.05) is 0 Å². The van der Waals surface area contributed by atoms with E-state index in [0.717, 1.165) is 18.4 Å². The summed E-state index contributed by atoms with van der Waals surface area (Å²) >= 11 is 5.97. The first-order chi connectivity index (χ1) is 12.0. The van der Waals surface area contributed by atoms with Gasteiger partial charge in [0.1, 0.15) is 5.60 Å². The minimum absolute atomic E-state index is 0.0453. The van der Waals surface area contributed by atoms with Crippen molar-refractivity contribution in [3.05, 3.63) is 64.4 Å². The van der Waals surface area contributed by atoms with Gasteiger partial charge in [-0.3, -0.25) is 9.78 Å². The molecule has 4 nitrogen and oxygen atoms in total. The van der Waals surface area contributed by atoms with Crippen LogP contribution in [0.3, 0.4) is 0 Å². The number of aromatic nitrogens is 1. The number of nitrogens with zero attached hydrogens (tertiary/aromatic N) is 1. The molecular weight excluding hydrogens is 336 g/mol. The smallest absolute Gasteiger partial charge is 0.250 e. The largest absolute Gasteiger partial charge is 0.378 e. The van der Waals surface area contributed by atoms with Crippen LogP contribution in [0.4, 0.5) is 0 Å². The first kappa shape index (κ1) is 17.5. The average Bonchev–Trinajstić information content (AvgIpc) is 2.60. The van der Waals surface area contributed by atoms with Crippen LogP contribution in [0.15, 0.2) is 42.6 Å². The zero-order valence-corrected chi connectivity index (χ0v) is 14.5. The Hall–Kier alpha value is -2.35. The van der Waals surface area contributed by atoms with Crippen LogP contribution in [-0.4, -0.2) is 21.6 Å². The summed E-state index contributed by atoms with van der Waals surface area (Å²) in [6.07, 6.45) is 4.32. The van der Waals surface area contributed by atoms with Gasteiger partial charge in [-0.05, 0) is 56.0 Å². The molecular formula is C20H19ClN2O2.